The number of carbonyl (C=O) groups excluding carboxylic acids is 1. The van der Waals surface area contributed by atoms with Gasteiger partial charge in [-0.15, -0.1) is 0 Å². The van der Waals surface area contributed by atoms with Gasteiger partial charge in [0.15, 0.2) is 0 Å². The predicted octanol–water partition coefficient (Wildman–Crippen LogP) is 1.25. The quantitative estimate of drug-likeness (QED) is 0.563. The first-order valence-electron chi connectivity index (χ1n) is 5.28. The first kappa shape index (κ1) is 9.00. The first-order chi connectivity index (χ1) is 6.20. The fourth-order valence-electron chi connectivity index (χ4n) is 2.35. The topological polar surface area (TPSA) is 23.6 Å². The summed E-state index contributed by atoms with van der Waals surface area (Å²) in [4.78, 5) is 11.9. The van der Waals surface area contributed by atoms with E-state index in [2.05, 4.69) is 18.9 Å². The van der Waals surface area contributed by atoms with Gasteiger partial charge in [-0.2, -0.15) is 0 Å². The van der Waals surface area contributed by atoms with Crippen molar-refractivity contribution in [3.8, 4) is 0 Å². The summed E-state index contributed by atoms with van der Waals surface area (Å²) in [5.41, 5.74) is 0. The summed E-state index contributed by atoms with van der Waals surface area (Å²) in [6.07, 6.45) is 3.35. The van der Waals surface area contributed by atoms with Gasteiger partial charge >= 0.3 is 0 Å². The van der Waals surface area contributed by atoms with Crippen molar-refractivity contribution in [2.45, 2.75) is 39.2 Å². The van der Waals surface area contributed by atoms with Crippen LogP contribution in [-0.2, 0) is 4.79 Å². The fourth-order valence-corrected chi connectivity index (χ4v) is 2.35. The molecule has 2 fully saturated rings. The number of nitrogens with zero attached hydrogens (tertiary/aromatic N) is 2. The molecule has 0 bridgehead atoms. The van der Waals surface area contributed by atoms with Gasteiger partial charge in [-0.05, 0) is 26.2 Å². The van der Waals surface area contributed by atoms with Gasteiger partial charge in [0.25, 0.3) is 0 Å². The highest BCUT2D eigenvalue weighted by Gasteiger charge is 2.36. The molecular weight excluding hydrogens is 164 g/mol. The summed E-state index contributed by atoms with van der Waals surface area (Å²) >= 11 is 0. The number of rotatable bonds is 0. The Labute approximate surface area is 79.7 Å². The Bertz CT molecular complexity index is 217. The minimum Gasteiger partial charge on any atom is -0.273 e. The molecular formula is C10H18N2O. The van der Waals surface area contributed by atoms with Gasteiger partial charge in [-0.25, -0.2) is 5.01 Å². The van der Waals surface area contributed by atoms with Gasteiger partial charge in [-0.1, -0.05) is 6.92 Å². The van der Waals surface area contributed by atoms with Crippen LogP contribution in [0.1, 0.15) is 33.1 Å². The maximum absolute atomic E-state index is 11.9. The van der Waals surface area contributed by atoms with Crippen LogP contribution in [0.3, 0.4) is 0 Å². The number of amides is 1. The summed E-state index contributed by atoms with van der Waals surface area (Å²) in [7, 11) is 0. The molecule has 3 nitrogen and oxygen atoms in total. The molecule has 2 atom stereocenters. The van der Waals surface area contributed by atoms with Gasteiger partial charge in [0.05, 0.1) is 0 Å². The van der Waals surface area contributed by atoms with E-state index in [1.807, 2.05) is 5.01 Å². The van der Waals surface area contributed by atoms with E-state index in [0.29, 0.717) is 11.9 Å². The Kier molecular flexibility index (Phi) is 2.28. The van der Waals surface area contributed by atoms with Crippen LogP contribution in [0.2, 0.25) is 0 Å². The SMILES string of the molecule is C[C@@H]1CCN2CCC[C@H](C)C(=O)N12. The molecule has 0 N–H and O–H groups in total. The monoisotopic (exact) mass is 182 g/mol. The van der Waals surface area contributed by atoms with E-state index in [4.69, 9.17) is 0 Å². The first-order valence-corrected chi connectivity index (χ1v) is 5.28. The number of hydrogen-bond acceptors (Lipinski definition) is 2. The van der Waals surface area contributed by atoms with Crippen molar-refractivity contribution in [1.82, 2.24) is 10.0 Å². The molecule has 0 aromatic carbocycles. The minimum absolute atomic E-state index is 0.227. The van der Waals surface area contributed by atoms with Crippen molar-refractivity contribution in [2.75, 3.05) is 13.1 Å². The Hall–Kier alpha value is -0.570. The third-order valence-corrected chi connectivity index (χ3v) is 3.23. The molecule has 0 aromatic heterocycles. The molecule has 2 aliphatic rings. The van der Waals surface area contributed by atoms with Gasteiger partial charge in [-0.3, -0.25) is 9.80 Å². The second-order valence-corrected chi connectivity index (χ2v) is 4.32. The molecule has 0 spiro atoms. The van der Waals surface area contributed by atoms with Crippen LogP contribution in [0.15, 0.2) is 0 Å². The fraction of sp³-hybridized carbons (Fsp3) is 0.900. The molecule has 74 valence electrons. The highest BCUT2D eigenvalue weighted by Crippen LogP contribution is 2.25. The van der Waals surface area contributed by atoms with Crippen LogP contribution in [0.4, 0.5) is 0 Å². The zero-order valence-electron chi connectivity index (χ0n) is 8.49. The molecule has 2 saturated heterocycles. The van der Waals surface area contributed by atoms with E-state index in [-0.39, 0.29) is 5.92 Å². The van der Waals surface area contributed by atoms with Crippen LogP contribution in [-0.4, -0.2) is 35.1 Å². The maximum Gasteiger partial charge on any atom is 0.239 e. The predicted molar refractivity (Wildman–Crippen MR) is 50.9 cm³/mol. The molecule has 13 heavy (non-hydrogen) atoms. The van der Waals surface area contributed by atoms with Crippen LogP contribution in [0, 0.1) is 5.92 Å². The Morgan fingerprint density at radius 2 is 2.00 bits per heavy atom. The lowest BCUT2D eigenvalue weighted by Gasteiger charge is -2.29. The van der Waals surface area contributed by atoms with Crippen molar-refractivity contribution in [1.29, 1.82) is 0 Å². The molecule has 0 unspecified atom stereocenters. The summed E-state index contributed by atoms with van der Waals surface area (Å²) in [6.45, 7) is 6.34. The average molecular weight is 182 g/mol. The Morgan fingerprint density at radius 3 is 2.77 bits per heavy atom. The van der Waals surface area contributed by atoms with Crippen LogP contribution < -0.4 is 0 Å². The molecule has 0 saturated carbocycles. The molecule has 1 amide bonds. The molecule has 2 heterocycles. The molecule has 3 heteroatoms. The van der Waals surface area contributed by atoms with Crippen molar-refractivity contribution in [3.05, 3.63) is 0 Å². The zero-order chi connectivity index (χ0) is 9.42. The summed E-state index contributed by atoms with van der Waals surface area (Å²) in [5.74, 6) is 0.563. The Balaban J connectivity index is 2.18. The van der Waals surface area contributed by atoms with Gasteiger partial charge in [0.1, 0.15) is 0 Å². The van der Waals surface area contributed by atoms with Gasteiger partial charge in [0, 0.05) is 25.0 Å². The lowest BCUT2D eigenvalue weighted by molar-refractivity contribution is -0.148. The highest BCUT2D eigenvalue weighted by atomic mass is 16.2. The smallest absolute Gasteiger partial charge is 0.239 e. The summed E-state index contributed by atoms with van der Waals surface area (Å²) in [5, 5.41) is 4.23. The lowest BCUT2D eigenvalue weighted by atomic mass is 10.0. The minimum atomic E-state index is 0.227. The Morgan fingerprint density at radius 1 is 1.23 bits per heavy atom. The zero-order valence-corrected chi connectivity index (χ0v) is 8.49. The van der Waals surface area contributed by atoms with Crippen LogP contribution >= 0.6 is 0 Å². The third-order valence-electron chi connectivity index (χ3n) is 3.23. The lowest BCUT2D eigenvalue weighted by Crippen LogP contribution is -2.45. The molecule has 2 aliphatic heterocycles. The van der Waals surface area contributed by atoms with E-state index in [0.717, 1.165) is 32.4 Å². The number of hydrazine groups is 1. The van der Waals surface area contributed by atoms with Crippen LogP contribution in [0.25, 0.3) is 0 Å². The molecule has 0 aromatic rings. The largest absolute Gasteiger partial charge is 0.273 e. The maximum atomic E-state index is 11.9. The second kappa shape index (κ2) is 3.29. The van der Waals surface area contributed by atoms with Crippen molar-refractivity contribution in [2.24, 2.45) is 5.92 Å². The van der Waals surface area contributed by atoms with E-state index < -0.39 is 0 Å². The second-order valence-electron chi connectivity index (χ2n) is 4.32. The normalized spacial score (nSPS) is 36.2. The highest BCUT2D eigenvalue weighted by molar-refractivity contribution is 5.78. The number of fused-ring (bicyclic) bond motifs is 1. The third kappa shape index (κ3) is 1.46. The van der Waals surface area contributed by atoms with Crippen LogP contribution in [0.5, 0.6) is 0 Å². The van der Waals surface area contributed by atoms with Crippen molar-refractivity contribution in [3.63, 3.8) is 0 Å². The number of carbonyl (C=O) groups is 1. The molecule has 0 radical (unpaired) electrons. The standard InChI is InChI=1S/C10H18N2O/c1-8-4-3-6-11-7-5-9(2)12(11)10(8)13/h8-9H,3-7H2,1-2H3/t8-,9+/m0/s1. The summed E-state index contributed by atoms with van der Waals surface area (Å²) < 4.78 is 0. The molecule has 2 rings (SSSR count). The molecule has 0 aliphatic carbocycles. The van der Waals surface area contributed by atoms with E-state index in [1.165, 1.54) is 0 Å². The number of hydrogen-bond donors (Lipinski definition) is 0. The average Bonchev–Trinajstić information content (AvgIpc) is 2.39. The van der Waals surface area contributed by atoms with E-state index in [9.17, 15) is 4.79 Å². The van der Waals surface area contributed by atoms with Crippen molar-refractivity contribution < 1.29 is 4.79 Å². The van der Waals surface area contributed by atoms with Gasteiger partial charge in [0.2, 0.25) is 5.91 Å². The summed E-state index contributed by atoms with van der Waals surface area (Å²) in [6, 6.07) is 0.424. The van der Waals surface area contributed by atoms with E-state index >= 15 is 0 Å². The van der Waals surface area contributed by atoms with E-state index in [1.54, 1.807) is 0 Å². The van der Waals surface area contributed by atoms with Gasteiger partial charge < -0.3 is 0 Å². The van der Waals surface area contributed by atoms with Crippen molar-refractivity contribution >= 4 is 5.91 Å².